The Morgan fingerprint density at radius 1 is 1.45 bits per heavy atom. The quantitative estimate of drug-likeness (QED) is 0.890. The molecule has 0 radical (unpaired) electrons. The van der Waals surface area contributed by atoms with Crippen molar-refractivity contribution in [1.29, 1.82) is 0 Å². The van der Waals surface area contributed by atoms with E-state index < -0.39 is 0 Å². The van der Waals surface area contributed by atoms with Crippen LogP contribution in [0.4, 0.5) is 0 Å². The molecule has 0 bridgehead atoms. The average Bonchev–Trinajstić information content (AvgIpc) is 2.94. The average molecular weight is 275 g/mol. The van der Waals surface area contributed by atoms with Crippen molar-refractivity contribution in [2.45, 2.75) is 33.2 Å². The standard InChI is InChI=1S/C14H21N5O/c1-10-9-11(2)19(17-10)12(3)14(20)16-6-5-13-15-7-8-18(13)4/h7-9,12H,5-6H2,1-4H3,(H,16,20). The summed E-state index contributed by atoms with van der Waals surface area (Å²) in [6.07, 6.45) is 4.38. The molecule has 1 N–H and O–H groups in total. The lowest BCUT2D eigenvalue weighted by Gasteiger charge is -2.14. The van der Waals surface area contributed by atoms with Crippen LogP contribution in [-0.2, 0) is 18.3 Å². The van der Waals surface area contributed by atoms with Crippen LogP contribution in [0.5, 0.6) is 0 Å². The van der Waals surface area contributed by atoms with E-state index in [1.807, 2.05) is 44.6 Å². The van der Waals surface area contributed by atoms with Crippen molar-refractivity contribution in [3.05, 3.63) is 35.7 Å². The lowest BCUT2D eigenvalue weighted by atomic mass is 10.3. The zero-order valence-corrected chi connectivity index (χ0v) is 12.4. The van der Waals surface area contributed by atoms with Gasteiger partial charge in [-0.1, -0.05) is 0 Å². The number of hydrogen-bond donors (Lipinski definition) is 1. The van der Waals surface area contributed by atoms with Crippen LogP contribution >= 0.6 is 0 Å². The molecule has 2 aromatic heterocycles. The van der Waals surface area contributed by atoms with E-state index in [-0.39, 0.29) is 11.9 Å². The van der Waals surface area contributed by atoms with Crippen molar-refractivity contribution in [3.8, 4) is 0 Å². The first kappa shape index (κ1) is 14.3. The van der Waals surface area contributed by atoms with Crippen LogP contribution in [0.1, 0.15) is 30.2 Å². The van der Waals surface area contributed by atoms with Gasteiger partial charge < -0.3 is 9.88 Å². The normalized spacial score (nSPS) is 12.4. The minimum absolute atomic E-state index is 0.0228. The molecule has 20 heavy (non-hydrogen) atoms. The highest BCUT2D eigenvalue weighted by Crippen LogP contribution is 2.10. The van der Waals surface area contributed by atoms with Crippen LogP contribution in [0, 0.1) is 13.8 Å². The Kier molecular flexibility index (Phi) is 4.22. The molecule has 0 spiro atoms. The molecule has 1 atom stereocenters. The van der Waals surface area contributed by atoms with Gasteiger partial charge >= 0.3 is 0 Å². The predicted octanol–water partition coefficient (Wildman–Crippen LogP) is 1.15. The fourth-order valence-corrected chi connectivity index (χ4v) is 2.23. The van der Waals surface area contributed by atoms with Gasteiger partial charge in [-0.3, -0.25) is 9.48 Å². The van der Waals surface area contributed by atoms with E-state index in [0.717, 1.165) is 23.6 Å². The van der Waals surface area contributed by atoms with Crippen molar-refractivity contribution in [2.75, 3.05) is 6.54 Å². The van der Waals surface area contributed by atoms with Gasteiger partial charge in [-0.2, -0.15) is 5.10 Å². The van der Waals surface area contributed by atoms with Crippen LogP contribution in [0.2, 0.25) is 0 Å². The second-order valence-corrected chi connectivity index (χ2v) is 5.04. The Morgan fingerprint density at radius 2 is 2.20 bits per heavy atom. The third-order valence-electron chi connectivity index (χ3n) is 3.36. The van der Waals surface area contributed by atoms with E-state index in [0.29, 0.717) is 6.54 Å². The fraction of sp³-hybridized carbons (Fsp3) is 0.500. The summed E-state index contributed by atoms with van der Waals surface area (Å²) in [6, 6.07) is 1.67. The van der Waals surface area contributed by atoms with Gasteiger partial charge in [-0.15, -0.1) is 0 Å². The van der Waals surface area contributed by atoms with E-state index in [9.17, 15) is 4.79 Å². The second-order valence-electron chi connectivity index (χ2n) is 5.04. The number of rotatable bonds is 5. The van der Waals surface area contributed by atoms with Gasteiger partial charge in [0.1, 0.15) is 11.9 Å². The summed E-state index contributed by atoms with van der Waals surface area (Å²) in [5, 5.41) is 7.27. The van der Waals surface area contributed by atoms with Crippen molar-refractivity contribution in [1.82, 2.24) is 24.6 Å². The highest BCUT2D eigenvalue weighted by molar-refractivity contribution is 5.79. The van der Waals surface area contributed by atoms with Gasteiger partial charge in [0.25, 0.3) is 0 Å². The molecule has 108 valence electrons. The molecule has 2 rings (SSSR count). The van der Waals surface area contributed by atoms with Gasteiger partial charge in [0.05, 0.1) is 5.69 Å². The lowest BCUT2D eigenvalue weighted by molar-refractivity contribution is -0.124. The predicted molar refractivity (Wildman–Crippen MR) is 76.3 cm³/mol. The Labute approximate surface area is 118 Å². The molecule has 0 aliphatic rings. The first-order valence-electron chi connectivity index (χ1n) is 6.75. The van der Waals surface area contributed by atoms with E-state index in [2.05, 4.69) is 15.4 Å². The molecule has 1 amide bonds. The minimum Gasteiger partial charge on any atom is -0.354 e. The van der Waals surface area contributed by atoms with E-state index >= 15 is 0 Å². The minimum atomic E-state index is -0.301. The number of amides is 1. The van der Waals surface area contributed by atoms with Gasteiger partial charge in [-0.05, 0) is 26.8 Å². The summed E-state index contributed by atoms with van der Waals surface area (Å²) < 4.78 is 3.71. The molecule has 1 unspecified atom stereocenters. The molecule has 0 aliphatic heterocycles. The van der Waals surface area contributed by atoms with Crippen molar-refractivity contribution in [2.24, 2.45) is 7.05 Å². The molecule has 0 fully saturated rings. The van der Waals surface area contributed by atoms with E-state index in [1.54, 1.807) is 10.9 Å². The van der Waals surface area contributed by atoms with Crippen LogP contribution in [0.15, 0.2) is 18.5 Å². The van der Waals surface area contributed by atoms with Crippen LogP contribution in [-0.4, -0.2) is 31.8 Å². The number of hydrogen-bond acceptors (Lipinski definition) is 3. The van der Waals surface area contributed by atoms with Crippen molar-refractivity contribution in [3.63, 3.8) is 0 Å². The third kappa shape index (κ3) is 3.07. The number of nitrogens with zero attached hydrogens (tertiary/aromatic N) is 4. The Hall–Kier alpha value is -2.11. The molecule has 0 aliphatic carbocycles. The maximum atomic E-state index is 12.1. The number of aromatic nitrogens is 4. The third-order valence-corrected chi connectivity index (χ3v) is 3.36. The van der Waals surface area contributed by atoms with Gasteiger partial charge in [-0.25, -0.2) is 4.98 Å². The van der Waals surface area contributed by atoms with Crippen LogP contribution < -0.4 is 5.32 Å². The van der Waals surface area contributed by atoms with Gasteiger partial charge in [0.2, 0.25) is 5.91 Å². The van der Waals surface area contributed by atoms with E-state index in [1.165, 1.54) is 0 Å². The topological polar surface area (TPSA) is 64.7 Å². The summed E-state index contributed by atoms with van der Waals surface area (Å²) in [5.74, 6) is 0.939. The number of imidazole rings is 1. The largest absolute Gasteiger partial charge is 0.354 e. The molecule has 2 aromatic rings. The molecular weight excluding hydrogens is 254 g/mol. The van der Waals surface area contributed by atoms with E-state index in [4.69, 9.17) is 0 Å². The van der Waals surface area contributed by atoms with Crippen LogP contribution in [0.3, 0.4) is 0 Å². The first-order valence-corrected chi connectivity index (χ1v) is 6.75. The second kappa shape index (κ2) is 5.90. The van der Waals surface area contributed by atoms with Crippen molar-refractivity contribution < 1.29 is 4.79 Å². The number of carbonyl (C=O) groups is 1. The molecular formula is C14H21N5O. The lowest BCUT2D eigenvalue weighted by Crippen LogP contribution is -2.33. The Bertz CT molecular complexity index is 598. The molecule has 6 heteroatoms. The molecule has 0 aromatic carbocycles. The highest BCUT2D eigenvalue weighted by atomic mass is 16.2. The molecule has 0 saturated carbocycles. The van der Waals surface area contributed by atoms with Gasteiger partial charge in [0, 0.05) is 38.1 Å². The fourth-order valence-electron chi connectivity index (χ4n) is 2.23. The number of carbonyl (C=O) groups excluding carboxylic acids is 1. The number of nitrogens with one attached hydrogen (secondary N) is 1. The highest BCUT2D eigenvalue weighted by Gasteiger charge is 2.17. The summed E-state index contributed by atoms with van der Waals surface area (Å²) in [7, 11) is 1.95. The van der Waals surface area contributed by atoms with Crippen LogP contribution in [0.25, 0.3) is 0 Å². The maximum absolute atomic E-state index is 12.1. The summed E-state index contributed by atoms with van der Waals surface area (Å²) in [6.45, 7) is 6.32. The summed E-state index contributed by atoms with van der Waals surface area (Å²) >= 11 is 0. The SMILES string of the molecule is Cc1cc(C)n(C(C)C(=O)NCCc2nccn2C)n1. The molecule has 2 heterocycles. The van der Waals surface area contributed by atoms with Gasteiger partial charge in [0.15, 0.2) is 0 Å². The zero-order chi connectivity index (χ0) is 14.7. The summed E-state index contributed by atoms with van der Waals surface area (Å²) in [4.78, 5) is 16.3. The maximum Gasteiger partial charge on any atom is 0.244 e. The Balaban J connectivity index is 1.89. The molecule has 6 nitrogen and oxygen atoms in total. The Morgan fingerprint density at radius 3 is 2.75 bits per heavy atom. The monoisotopic (exact) mass is 275 g/mol. The smallest absolute Gasteiger partial charge is 0.244 e. The summed E-state index contributed by atoms with van der Waals surface area (Å²) in [5.41, 5.74) is 1.92. The first-order chi connectivity index (χ1) is 9.49. The molecule has 0 saturated heterocycles. The number of aryl methyl sites for hydroxylation is 3. The zero-order valence-electron chi connectivity index (χ0n) is 12.4. The van der Waals surface area contributed by atoms with Crippen molar-refractivity contribution >= 4 is 5.91 Å².